The van der Waals surface area contributed by atoms with Gasteiger partial charge in [0.05, 0.1) is 11.9 Å². The maximum atomic E-state index is 12.1. The molecule has 0 fully saturated rings. The van der Waals surface area contributed by atoms with Crippen LogP contribution in [0.1, 0.15) is 16.8 Å². The number of aromatic nitrogens is 3. The Kier molecular flexibility index (Phi) is 5.32. The third-order valence-electron chi connectivity index (χ3n) is 2.94. The Morgan fingerprint density at radius 2 is 2.29 bits per heavy atom. The molecule has 0 aliphatic rings. The largest absolute Gasteiger partial charge is 0.369 e. The van der Waals surface area contributed by atoms with Gasteiger partial charge in [-0.1, -0.05) is 0 Å². The van der Waals surface area contributed by atoms with Crippen molar-refractivity contribution in [3.63, 3.8) is 0 Å². The maximum Gasteiger partial charge on any atom is 0.257 e. The van der Waals surface area contributed by atoms with Gasteiger partial charge in [-0.15, -0.1) is 0 Å². The Morgan fingerprint density at radius 3 is 2.95 bits per heavy atom. The number of pyridine rings is 1. The van der Waals surface area contributed by atoms with Gasteiger partial charge in [-0.3, -0.25) is 4.79 Å². The van der Waals surface area contributed by atoms with Gasteiger partial charge in [0.2, 0.25) is 0 Å². The molecule has 0 aliphatic heterocycles. The summed E-state index contributed by atoms with van der Waals surface area (Å²) in [5.74, 6) is 0.545. The average Bonchev–Trinajstić information content (AvgIpc) is 2.97. The molecule has 1 amide bonds. The van der Waals surface area contributed by atoms with Crippen molar-refractivity contribution < 1.29 is 4.79 Å². The van der Waals surface area contributed by atoms with Gasteiger partial charge < -0.3 is 14.8 Å². The molecule has 2 aromatic rings. The minimum absolute atomic E-state index is 0.0686. The van der Waals surface area contributed by atoms with Crippen LogP contribution in [-0.2, 0) is 6.54 Å². The quantitative estimate of drug-likeness (QED) is 0.810. The molecule has 2 heterocycles. The van der Waals surface area contributed by atoms with Gasteiger partial charge in [-0.25, -0.2) is 9.97 Å². The molecule has 0 saturated heterocycles. The molecule has 2 rings (SSSR count). The average molecular weight is 352 g/mol. The van der Waals surface area contributed by atoms with Gasteiger partial charge >= 0.3 is 0 Å². The number of hydrogen-bond acceptors (Lipinski definition) is 4. The number of halogens is 1. The van der Waals surface area contributed by atoms with Crippen LogP contribution < -0.4 is 5.32 Å². The third-order valence-corrected chi connectivity index (χ3v) is 3.37. The molecule has 0 saturated carbocycles. The lowest BCUT2D eigenvalue weighted by Crippen LogP contribution is -2.23. The Labute approximate surface area is 132 Å². The van der Waals surface area contributed by atoms with Crippen molar-refractivity contribution >= 4 is 27.7 Å². The van der Waals surface area contributed by atoms with Gasteiger partial charge in [0.25, 0.3) is 5.91 Å². The number of anilines is 1. The van der Waals surface area contributed by atoms with Crippen molar-refractivity contribution in [2.24, 2.45) is 0 Å². The summed E-state index contributed by atoms with van der Waals surface area (Å²) in [5.41, 5.74) is 0.567. The first-order chi connectivity index (χ1) is 10.1. The molecule has 112 valence electrons. The monoisotopic (exact) mass is 351 g/mol. The summed E-state index contributed by atoms with van der Waals surface area (Å²) in [5, 5.41) is 3.23. The van der Waals surface area contributed by atoms with Gasteiger partial charge in [0.1, 0.15) is 5.82 Å². The van der Waals surface area contributed by atoms with E-state index in [9.17, 15) is 4.79 Å². The summed E-state index contributed by atoms with van der Waals surface area (Å²) < 4.78 is 2.81. The number of nitrogens with one attached hydrogen (secondary N) is 1. The summed E-state index contributed by atoms with van der Waals surface area (Å²) in [6.07, 6.45) is 8.09. The number of aryl methyl sites for hydroxylation is 1. The Hall–Kier alpha value is -1.89. The standard InChI is InChI=1S/C14H18BrN5O/c1-19(2)14(21)12-8-11(15)9-18-13(12)17-4-3-6-20-7-5-16-10-20/h5,7-10H,3-4,6H2,1-2H3,(H,17,18). The van der Waals surface area contributed by atoms with E-state index in [0.29, 0.717) is 11.4 Å². The van der Waals surface area contributed by atoms with E-state index in [1.165, 1.54) is 0 Å². The number of amides is 1. The fourth-order valence-corrected chi connectivity index (χ4v) is 2.20. The molecule has 2 aromatic heterocycles. The van der Waals surface area contributed by atoms with Gasteiger partial charge in [-0.05, 0) is 28.4 Å². The zero-order chi connectivity index (χ0) is 15.2. The number of rotatable bonds is 6. The highest BCUT2D eigenvalue weighted by Gasteiger charge is 2.14. The number of carbonyl (C=O) groups excluding carboxylic acids is 1. The highest BCUT2D eigenvalue weighted by Crippen LogP contribution is 2.19. The van der Waals surface area contributed by atoms with Crippen molar-refractivity contribution in [3.8, 4) is 0 Å². The fraction of sp³-hybridized carbons (Fsp3) is 0.357. The molecule has 7 heteroatoms. The lowest BCUT2D eigenvalue weighted by atomic mass is 10.2. The molecule has 6 nitrogen and oxygen atoms in total. The number of nitrogens with zero attached hydrogens (tertiary/aromatic N) is 4. The summed E-state index contributed by atoms with van der Waals surface area (Å²) >= 11 is 3.35. The first-order valence-electron chi connectivity index (χ1n) is 6.64. The van der Waals surface area contributed by atoms with E-state index >= 15 is 0 Å². The van der Waals surface area contributed by atoms with E-state index in [1.54, 1.807) is 43.8 Å². The Balaban J connectivity index is 1.97. The fourth-order valence-electron chi connectivity index (χ4n) is 1.87. The van der Waals surface area contributed by atoms with E-state index in [1.807, 2.05) is 10.8 Å². The molecule has 0 bridgehead atoms. The summed E-state index contributed by atoms with van der Waals surface area (Å²) in [6.45, 7) is 1.61. The summed E-state index contributed by atoms with van der Waals surface area (Å²) in [4.78, 5) is 22.0. The van der Waals surface area contributed by atoms with Gasteiger partial charge in [0, 0.05) is 50.2 Å². The second kappa shape index (κ2) is 7.21. The van der Waals surface area contributed by atoms with Crippen molar-refractivity contribution in [1.29, 1.82) is 0 Å². The van der Waals surface area contributed by atoms with Crippen LogP contribution in [0.25, 0.3) is 0 Å². The Morgan fingerprint density at radius 1 is 1.48 bits per heavy atom. The first kappa shape index (κ1) is 15.5. The zero-order valence-corrected chi connectivity index (χ0v) is 13.7. The van der Waals surface area contributed by atoms with Crippen LogP contribution in [0.4, 0.5) is 5.82 Å². The van der Waals surface area contributed by atoms with Crippen LogP contribution in [0.2, 0.25) is 0 Å². The van der Waals surface area contributed by atoms with Crippen molar-refractivity contribution in [2.75, 3.05) is 26.0 Å². The Bertz CT molecular complexity index is 597. The van der Waals surface area contributed by atoms with Crippen LogP contribution in [0.15, 0.2) is 35.5 Å². The number of hydrogen-bond donors (Lipinski definition) is 1. The van der Waals surface area contributed by atoms with E-state index in [0.717, 1.165) is 24.0 Å². The number of imidazole rings is 1. The molecule has 1 N–H and O–H groups in total. The predicted molar refractivity (Wildman–Crippen MR) is 85.3 cm³/mol. The molecule has 0 radical (unpaired) electrons. The highest BCUT2D eigenvalue weighted by atomic mass is 79.9. The highest BCUT2D eigenvalue weighted by molar-refractivity contribution is 9.10. The second-order valence-electron chi connectivity index (χ2n) is 4.83. The third kappa shape index (κ3) is 4.29. The van der Waals surface area contributed by atoms with Crippen LogP contribution in [0.5, 0.6) is 0 Å². The molecular formula is C14H18BrN5O. The molecule has 0 aromatic carbocycles. The smallest absolute Gasteiger partial charge is 0.257 e. The van der Waals surface area contributed by atoms with Crippen LogP contribution >= 0.6 is 15.9 Å². The predicted octanol–water partition coefficient (Wildman–Crippen LogP) is 2.24. The lowest BCUT2D eigenvalue weighted by molar-refractivity contribution is 0.0828. The van der Waals surface area contributed by atoms with E-state index < -0.39 is 0 Å². The topological polar surface area (TPSA) is 63.1 Å². The van der Waals surface area contributed by atoms with E-state index in [2.05, 4.69) is 31.2 Å². The first-order valence-corrected chi connectivity index (χ1v) is 7.44. The van der Waals surface area contributed by atoms with Crippen molar-refractivity contribution in [1.82, 2.24) is 19.4 Å². The van der Waals surface area contributed by atoms with Crippen molar-refractivity contribution in [2.45, 2.75) is 13.0 Å². The maximum absolute atomic E-state index is 12.1. The van der Waals surface area contributed by atoms with Crippen LogP contribution in [0, 0.1) is 0 Å². The zero-order valence-electron chi connectivity index (χ0n) is 12.1. The van der Waals surface area contributed by atoms with E-state index in [4.69, 9.17) is 0 Å². The summed E-state index contributed by atoms with van der Waals surface area (Å²) in [6, 6.07) is 1.79. The SMILES string of the molecule is CN(C)C(=O)c1cc(Br)cnc1NCCCn1ccnc1. The molecule has 0 unspecified atom stereocenters. The van der Waals surface area contributed by atoms with Gasteiger partial charge in [0.15, 0.2) is 0 Å². The van der Waals surface area contributed by atoms with E-state index in [-0.39, 0.29) is 5.91 Å². The molecular weight excluding hydrogens is 334 g/mol. The lowest BCUT2D eigenvalue weighted by Gasteiger charge is -2.15. The number of carbonyl (C=O) groups is 1. The minimum Gasteiger partial charge on any atom is -0.369 e. The van der Waals surface area contributed by atoms with Crippen molar-refractivity contribution in [3.05, 3.63) is 41.0 Å². The van der Waals surface area contributed by atoms with Gasteiger partial charge in [-0.2, -0.15) is 0 Å². The minimum atomic E-state index is -0.0686. The normalized spacial score (nSPS) is 10.4. The van der Waals surface area contributed by atoms with Crippen LogP contribution in [0.3, 0.4) is 0 Å². The molecule has 21 heavy (non-hydrogen) atoms. The molecule has 0 atom stereocenters. The second-order valence-corrected chi connectivity index (χ2v) is 5.75. The van der Waals surface area contributed by atoms with Crippen LogP contribution in [-0.4, -0.2) is 46.0 Å². The summed E-state index contributed by atoms with van der Waals surface area (Å²) in [7, 11) is 3.46. The molecule has 0 aliphatic carbocycles. The molecule has 0 spiro atoms.